The first-order valence-electron chi connectivity index (χ1n) is 6.40. The molecule has 0 radical (unpaired) electrons. The number of aromatic nitrogens is 1. The molecular formula is C14H20N2O3. The van der Waals surface area contributed by atoms with Gasteiger partial charge in [-0.1, -0.05) is 19.9 Å². The number of carboxylic acids is 1. The second kappa shape index (κ2) is 7.51. The van der Waals surface area contributed by atoms with Gasteiger partial charge in [0.2, 0.25) is 5.91 Å². The summed E-state index contributed by atoms with van der Waals surface area (Å²) in [6.45, 7) is 3.84. The van der Waals surface area contributed by atoms with E-state index in [0.29, 0.717) is 12.8 Å². The van der Waals surface area contributed by atoms with E-state index in [2.05, 4.69) is 10.3 Å². The highest BCUT2D eigenvalue weighted by Gasteiger charge is 2.21. The summed E-state index contributed by atoms with van der Waals surface area (Å²) in [5.74, 6) is -1.56. The summed E-state index contributed by atoms with van der Waals surface area (Å²) in [7, 11) is 0. The second-order valence-electron chi connectivity index (χ2n) is 4.81. The number of carbonyl (C=O) groups is 2. The van der Waals surface area contributed by atoms with Gasteiger partial charge in [-0.2, -0.15) is 0 Å². The van der Waals surface area contributed by atoms with Crippen molar-refractivity contribution in [2.24, 2.45) is 11.8 Å². The molecule has 0 spiro atoms. The number of hydrogen-bond acceptors (Lipinski definition) is 3. The van der Waals surface area contributed by atoms with Crippen molar-refractivity contribution in [1.82, 2.24) is 10.3 Å². The van der Waals surface area contributed by atoms with Crippen molar-refractivity contribution < 1.29 is 14.7 Å². The minimum atomic E-state index is -0.875. The highest BCUT2D eigenvalue weighted by molar-refractivity contribution is 5.77. The molecule has 0 aromatic carbocycles. The first-order valence-corrected chi connectivity index (χ1v) is 6.40. The predicted molar refractivity (Wildman–Crippen MR) is 71.5 cm³/mol. The Bertz CT molecular complexity index is 418. The van der Waals surface area contributed by atoms with Crippen LogP contribution >= 0.6 is 0 Å². The van der Waals surface area contributed by atoms with Crippen LogP contribution in [0.3, 0.4) is 0 Å². The van der Waals surface area contributed by atoms with Gasteiger partial charge in [0.1, 0.15) is 0 Å². The van der Waals surface area contributed by atoms with Crippen molar-refractivity contribution in [2.45, 2.75) is 26.7 Å². The summed E-state index contributed by atoms with van der Waals surface area (Å²) >= 11 is 0. The van der Waals surface area contributed by atoms with E-state index < -0.39 is 11.9 Å². The number of carbonyl (C=O) groups excluding carboxylic acids is 1. The first-order chi connectivity index (χ1) is 9.00. The topological polar surface area (TPSA) is 79.3 Å². The molecule has 1 rings (SSSR count). The van der Waals surface area contributed by atoms with Gasteiger partial charge >= 0.3 is 5.97 Å². The fraction of sp³-hybridized carbons (Fsp3) is 0.500. The number of rotatable bonds is 7. The smallest absolute Gasteiger partial charge is 0.308 e. The van der Waals surface area contributed by atoms with E-state index in [1.165, 1.54) is 0 Å². The zero-order valence-electron chi connectivity index (χ0n) is 11.3. The van der Waals surface area contributed by atoms with Gasteiger partial charge in [0, 0.05) is 24.9 Å². The Morgan fingerprint density at radius 3 is 2.63 bits per heavy atom. The maximum Gasteiger partial charge on any atom is 0.308 e. The van der Waals surface area contributed by atoms with Gasteiger partial charge < -0.3 is 10.4 Å². The van der Waals surface area contributed by atoms with Crippen LogP contribution in [0.25, 0.3) is 0 Å². The number of pyridine rings is 1. The molecule has 1 atom stereocenters. The van der Waals surface area contributed by atoms with E-state index in [1.54, 1.807) is 6.20 Å². The third-order valence-corrected chi connectivity index (χ3v) is 2.98. The summed E-state index contributed by atoms with van der Waals surface area (Å²) in [6, 6.07) is 5.56. The fourth-order valence-corrected chi connectivity index (χ4v) is 1.71. The van der Waals surface area contributed by atoms with Crippen molar-refractivity contribution in [3.05, 3.63) is 30.1 Å². The lowest BCUT2D eigenvalue weighted by atomic mass is 9.96. The van der Waals surface area contributed by atoms with Crippen molar-refractivity contribution in [3.8, 4) is 0 Å². The number of carboxylic acid groups (broad SMARTS) is 1. The molecule has 0 aliphatic rings. The average molecular weight is 264 g/mol. The predicted octanol–water partition coefficient (Wildman–Crippen LogP) is 1.49. The summed E-state index contributed by atoms with van der Waals surface area (Å²) in [6.07, 6.45) is 2.57. The van der Waals surface area contributed by atoms with Crippen LogP contribution in [0.1, 0.15) is 26.0 Å². The van der Waals surface area contributed by atoms with Gasteiger partial charge in [-0.05, 0) is 24.5 Å². The largest absolute Gasteiger partial charge is 0.481 e. The number of nitrogens with zero attached hydrogens (tertiary/aromatic N) is 1. The zero-order valence-corrected chi connectivity index (χ0v) is 11.3. The van der Waals surface area contributed by atoms with E-state index in [-0.39, 0.29) is 18.4 Å². The molecule has 1 unspecified atom stereocenters. The number of aliphatic carboxylic acids is 1. The number of aryl methyl sites for hydroxylation is 1. The van der Waals surface area contributed by atoms with E-state index >= 15 is 0 Å². The molecule has 0 saturated heterocycles. The number of hydrogen-bond donors (Lipinski definition) is 2. The summed E-state index contributed by atoms with van der Waals surface area (Å²) < 4.78 is 0. The molecule has 104 valence electrons. The molecule has 1 aromatic heterocycles. The molecule has 5 nitrogen and oxygen atoms in total. The standard InChI is InChI=1S/C14H20N2O3/c1-10(2)12(14(18)19)9-16-13(17)7-6-11-5-3-4-8-15-11/h3-5,8,10,12H,6-7,9H2,1-2H3,(H,16,17)(H,18,19). The number of amides is 1. The lowest BCUT2D eigenvalue weighted by Crippen LogP contribution is -2.35. The van der Waals surface area contributed by atoms with Crippen LogP contribution in [-0.4, -0.2) is 28.5 Å². The van der Waals surface area contributed by atoms with E-state index in [4.69, 9.17) is 5.11 Å². The van der Waals surface area contributed by atoms with Crippen molar-refractivity contribution in [1.29, 1.82) is 0 Å². The Balaban J connectivity index is 2.33. The maximum absolute atomic E-state index is 11.6. The third-order valence-electron chi connectivity index (χ3n) is 2.98. The van der Waals surface area contributed by atoms with Gasteiger partial charge in [0.05, 0.1) is 5.92 Å². The second-order valence-corrected chi connectivity index (χ2v) is 4.81. The van der Waals surface area contributed by atoms with Crippen LogP contribution in [0.5, 0.6) is 0 Å². The van der Waals surface area contributed by atoms with E-state index in [9.17, 15) is 9.59 Å². The number of nitrogens with one attached hydrogen (secondary N) is 1. The van der Waals surface area contributed by atoms with Gasteiger partial charge in [-0.15, -0.1) is 0 Å². The summed E-state index contributed by atoms with van der Waals surface area (Å²) in [5, 5.41) is 11.7. The highest BCUT2D eigenvalue weighted by Crippen LogP contribution is 2.09. The van der Waals surface area contributed by atoms with Crippen molar-refractivity contribution in [3.63, 3.8) is 0 Å². The minimum Gasteiger partial charge on any atom is -0.481 e. The van der Waals surface area contributed by atoms with Crippen molar-refractivity contribution >= 4 is 11.9 Å². The minimum absolute atomic E-state index is 0.00594. The normalized spacial score (nSPS) is 12.2. The molecule has 5 heteroatoms. The van der Waals surface area contributed by atoms with Gasteiger partial charge in [-0.25, -0.2) is 0 Å². The van der Waals surface area contributed by atoms with Crippen LogP contribution in [0.4, 0.5) is 0 Å². The first kappa shape index (κ1) is 15.1. The molecule has 2 N–H and O–H groups in total. The van der Waals surface area contributed by atoms with Crippen LogP contribution in [0.15, 0.2) is 24.4 Å². The maximum atomic E-state index is 11.6. The lowest BCUT2D eigenvalue weighted by molar-refractivity contribution is -0.143. The van der Waals surface area contributed by atoms with Gasteiger partial charge in [0.15, 0.2) is 0 Å². The Labute approximate surface area is 113 Å². The molecule has 0 aliphatic carbocycles. The molecule has 1 amide bonds. The zero-order chi connectivity index (χ0) is 14.3. The Hall–Kier alpha value is -1.91. The summed E-state index contributed by atoms with van der Waals surface area (Å²) in [4.78, 5) is 26.7. The molecule has 19 heavy (non-hydrogen) atoms. The Kier molecular flexibility index (Phi) is 5.99. The highest BCUT2D eigenvalue weighted by atomic mass is 16.4. The van der Waals surface area contributed by atoms with Crippen LogP contribution in [0.2, 0.25) is 0 Å². The Morgan fingerprint density at radius 2 is 2.11 bits per heavy atom. The third kappa shape index (κ3) is 5.50. The molecular weight excluding hydrogens is 244 g/mol. The van der Waals surface area contributed by atoms with Gasteiger partial charge in [0.25, 0.3) is 0 Å². The molecule has 0 aliphatic heterocycles. The lowest BCUT2D eigenvalue weighted by Gasteiger charge is -2.16. The molecule has 1 heterocycles. The van der Waals surface area contributed by atoms with E-state index in [1.807, 2.05) is 32.0 Å². The fourth-order valence-electron chi connectivity index (χ4n) is 1.71. The quantitative estimate of drug-likeness (QED) is 0.782. The van der Waals surface area contributed by atoms with E-state index in [0.717, 1.165) is 5.69 Å². The van der Waals surface area contributed by atoms with Crippen LogP contribution in [0, 0.1) is 11.8 Å². The average Bonchev–Trinajstić information content (AvgIpc) is 2.37. The Morgan fingerprint density at radius 1 is 1.37 bits per heavy atom. The monoisotopic (exact) mass is 264 g/mol. The van der Waals surface area contributed by atoms with Crippen LogP contribution < -0.4 is 5.32 Å². The molecule has 1 aromatic rings. The van der Waals surface area contributed by atoms with Gasteiger partial charge in [-0.3, -0.25) is 14.6 Å². The molecule has 0 fully saturated rings. The SMILES string of the molecule is CC(C)C(CNC(=O)CCc1ccccn1)C(=O)O. The summed E-state index contributed by atoms with van der Waals surface area (Å²) in [5.41, 5.74) is 0.858. The molecule has 0 saturated carbocycles. The molecule has 0 bridgehead atoms. The van der Waals surface area contributed by atoms with Crippen LogP contribution in [-0.2, 0) is 16.0 Å². The van der Waals surface area contributed by atoms with Crippen molar-refractivity contribution in [2.75, 3.05) is 6.54 Å².